The van der Waals surface area contributed by atoms with Crippen molar-refractivity contribution in [2.45, 2.75) is 45.3 Å². The summed E-state index contributed by atoms with van der Waals surface area (Å²) in [7, 11) is 0. The minimum atomic E-state index is -1.42. The smallest absolute Gasteiger partial charge is 0.332 e. The summed E-state index contributed by atoms with van der Waals surface area (Å²) < 4.78 is 0. The average molecular weight is 258 g/mol. The summed E-state index contributed by atoms with van der Waals surface area (Å²) in [6, 6.07) is -0.256. The van der Waals surface area contributed by atoms with Gasteiger partial charge in [0.2, 0.25) is 5.91 Å². The lowest BCUT2D eigenvalue weighted by atomic mass is 9.77. The lowest BCUT2D eigenvalue weighted by Crippen LogP contribution is -2.55. The molecule has 6 heteroatoms. The summed E-state index contributed by atoms with van der Waals surface area (Å²) in [5.74, 6) is -1.39. The van der Waals surface area contributed by atoms with Crippen LogP contribution >= 0.6 is 0 Å². The lowest BCUT2D eigenvalue weighted by Gasteiger charge is -2.38. The van der Waals surface area contributed by atoms with Gasteiger partial charge in [0.05, 0.1) is 6.04 Å². The lowest BCUT2D eigenvalue weighted by molar-refractivity contribution is -0.147. The third-order valence-corrected chi connectivity index (χ3v) is 3.39. The van der Waals surface area contributed by atoms with Crippen LogP contribution in [0.4, 0.5) is 0 Å². The number of nitrogens with one attached hydrogen (secondary N) is 2. The predicted molar refractivity (Wildman–Crippen MR) is 66.1 cm³/mol. The van der Waals surface area contributed by atoms with Gasteiger partial charge in [0.15, 0.2) is 6.10 Å². The van der Waals surface area contributed by atoms with Crippen molar-refractivity contribution in [1.29, 1.82) is 0 Å². The third kappa shape index (κ3) is 3.96. The number of rotatable bonds is 5. The number of carboxylic acids is 1. The van der Waals surface area contributed by atoms with Gasteiger partial charge in [-0.25, -0.2) is 4.79 Å². The van der Waals surface area contributed by atoms with Gasteiger partial charge in [0.25, 0.3) is 0 Å². The minimum absolute atomic E-state index is 0.0220. The van der Waals surface area contributed by atoms with Crippen molar-refractivity contribution in [2.75, 3.05) is 13.1 Å². The maximum absolute atomic E-state index is 12.0. The first-order chi connectivity index (χ1) is 8.34. The Morgan fingerprint density at radius 1 is 1.50 bits per heavy atom. The predicted octanol–water partition coefficient (Wildman–Crippen LogP) is -0.284. The summed E-state index contributed by atoms with van der Waals surface area (Å²) in [6.45, 7) is 5.06. The van der Waals surface area contributed by atoms with Crippen LogP contribution in [0.1, 0.15) is 33.1 Å². The van der Waals surface area contributed by atoms with Crippen molar-refractivity contribution in [2.24, 2.45) is 5.41 Å². The summed E-state index contributed by atoms with van der Waals surface area (Å²) in [4.78, 5) is 22.4. The number of aliphatic hydroxyl groups excluding tert-OH is 1. The van der Waals surface area contributed by atoms with Gasteiger partial charge in [0, 0.05) is 13.0 Å². The van der Waals surface area contributed by atoms with Gasteiger partial charge in [-0.1, -0.05) is 13.8 Å². The van der Waals surface area contributed by atoms with Crippen LogP contribution in [0.5, 0.6) is 0 Å². The van der Waals surface area contributed by atoms with Gasteiger partial charge in [0.1, 0.15) is 0 Å². The van der Waals surface area contributed by atoms with Gasteiger partial charge >= 0.3 is 5.97 Å². The second kappa shape index (κ2) is 6.15. The van der Waals surface area contributed by atoms with E-state index >= 15 is 0 Å². The van der Waals surface area contributed by atoms with E-state index in [-0.39, 0.29) is 30.3 Å². The Labute approximate surface area is 107 Å². The van der Waals surface area contributed by atoms with Crippen LogP contribution in [0.15, 0.2) is 0 Å². The zero-order valence-corrected chi connectivity index (χ0v) is 10.9. The molecule has 4 N–H and O–H groups in total. The standard InChI is InChI=1S/C12H22N2O4/c1-12(2)5-3-6-13-9(12)10(16)14-7-4-8(15)11(17)18/h8-9,13,15H,3-7H2,1-2H3,(H,14,16)(H,17,18)/t8-,9?/m0/s1. The molecule has 1 saturated heterocycles. The number of amides is 1. The molecule has 0 aromatic rings. The van der Waals surface area contributed by atoms with Crippen LogP contribution in [-0.2, 0) is 9.59 Å². The van der Waals surface area contributed by atoms with Crippen molar-refractivity contribution in [1.82, 2.24) is 10.6 Å². The summed E-state index contributed by atoms with van der Waals surface area (Å²) in [5.41, 5.74) is -0.103. The Hall–Kier alpha value is -1.14. The maximum atomic E-state index is 12.0. The topological polar surface area (TPSA) is 98.7 Å². The molecule has 6 nitrogen and oxygen atoms in total. The second-order valence-electron chi connectivity index (χ2n) is 5.41. The molecule has 2 atom stereocenters. The zero-order valence-electron chi connectivity index (χ0n) is 10.9. The minimum Gasteiger partial charge on any atom is -0.479 e. The number of piperidine rings is 1. The molecule has 18 heavy (non-hydrogen) atoms. The third-order valence-electron chi connectivity index (χ3n) is 3.39. The van der Waals surface area contributed by atoms with E-state index in [0.717, 1.165) is 19.4 Å². The second-order valence-corrected chi connectivity index (χ2v) is 5.41. The van der Waals surface area contributed by atoms with E-state index in [4.69, 9.17) is 10.2 Å². The van der Waals surface area contributed by atoms with E-state index in [2.05, 4.69) is 10.6 Å². The highest BCUT2D eigenvalue weighted by Gasteiger charge is 2.36. The molecule has 1 rings (SSSR count). The SMILES string of the molecule is CC1(C)CCCNC1C(=O)NCC[C@H](O)C(=O)O. The molecular formula is C12H22N2O4. The molecule has 1 aliphatic heterocycles. The van der Waals surface area contributed by atoms with Crippen molar-refractivity contribution in [3.63, 3.8) is 0 Å². The molecular weight excluding hydrogens is 236 g/mol. The molecule has 1 heterocycles. The highest BCUT2D eigenvalue weighted by Crippen LogP contribution is 2.29. The highest BCUT2D eigenvalue weighted by atomic mass is 16.4. The van der Waals surface area contributed by atoms with Crippen LogP contribution in [-0.4, -0.2) is 47.3 Å². The van der Waals surface area contributed by atoms with Gasteiger partial charge in [-0.3, -0.25) is 4.79 Å². The normalized spacial score (nSPS) is 24.3. The molecule has 0 spiro atoms. The number of hydrogen-bond acceptors (Lipinski definition) is 4. The van der Waals surface area contributed by atoms with Crippen molar-refractivity contribution >= 4 is 11.9 Å². The molecule has 1 amide bonds. The van der Waals surface area contributed by atoms with E-state index < -0.39 is 12.1 Å². The first-order valence-electron chi connectivity index (χ1n) is 6.26. The number of hydrogen-bond donors (Lipinski definition) is 4. The number of aliphatic carboxylic acids is 1. The summed E-state index contributed by atoms with van der Waals surface area (Å²) in [6.07, 6.45) is 0.635. The van der Waals surface area contributed by atoms with E-state index in [1.54, 1.807) is 0 Å². The van der Waals surface area contributed by atoms with Crippen LogP contribution in [0, 0.1) is 5.41 Å². The average Bonchev–Trinajstić information content (AvgIpc) is 2.27. The Morgan fingerprint density at radius 3 is 2.72 bits per heavy atom. The molecule has 0 bridgehead atoms. The van der Waals surface area contributed by atoms with E-state index in [0.29, 0.717) is 0 Å². The number of aliphatic hydroxyl groups is 1. The first-order valence-corrected chi connectivity index (χ1v) is 6.26. The Morgan fingerprint density at radius 2 is 2.17 bits per heavy atom. The largest absolute Gasteiger partial charge is 0.479 e. The molecule has 0 aromatic carbocycles. The van der Waals surface area contributed by atoms with Crippen LogP contribution in [0.2, 0.25) is 0 Å². The molecule has 0 saturated carbocycles. The summed E-state index contributed by atoms with van der Waals surface area (Å²) in [5, 5.41) is 23.4. The fourth-order valence-electron chi connectivity index (χ4n) is 2.22. The fraction of sp³-hybridized carbons (Fsp3) is 0.833. The monoisotopic (exact) mass is 258 g/mol. The highest BCUT2D eigenvalue weighted by molar-refractivity contribution is 5.82. The van der Waals surface area contributed by atoms with Crippen LogP contribution < -0.4 is 10.6 Å². The zero-order chi connectivity index (χ0) is 13.8. The molecule has 104 valence electrons. The van der Waals surface area contributed by atoms with Crippen molar-refractivity contribution in [3.05, 3.63) is 0 Å². The Balaban J connectivity index is 2.38. The molecule has 0 radical (unpaired) electrons. The molecule has 0 aliphatic carbocycles. The van der Waals surface area contributed by atoms with E-state index in [9.17, 15) is 9.59 Å². The van der Waals surface area contributed by atoms with Gasteiger partial charge in [-0.15, -0.1) is 0 Å². The first kappa shape index (κ1) is 14.9. The van der Waals surface area contributed by atoms with Gasteiger partial charge < -0.3 is 20.8 Å². The van der Waals surface area contributed by atoms with E-state index in [1.807, 2.05) is 13.8 Å². The quantitative estimate of drug-likeness (QED) is 0.543. The molecule has 1 aliphatic rings. The van der Waals surface area contributed by atoms with Gasteiger partial charge in [-0.2, -0.15) is 0 Å². The Bertz CT molecular complexity index is 317. The van der Waals surface area contributed by atoms with Crippen LogP contribution in [0.25, 0.3) is 0 Å². The van der Waals surface area contributed by atoms with Crippen LogP contribution in [0.3, 0.4) is 0 Å². The van der Waals surface area contributed by atoms with E-state index in [1.165, 1.54) is 0 Å². The molecule has 1 unspecified atom stereocenters. The summed E-state index contributed by atoms with van der Waals surface area (Å²) >= 11 is 0. The molecule has 1 fully saturated rings. The molecule has 0 aromatic heterocycles. The van der Waals surface area contributed by atoms with Crippen molar-refractivity contribution < 1.29 is 19.8 Å². The number of carboxylic acid groups (broad SMARTS) is 1. The number of carbonyl (C=O) groups is 2. The fourth-order valence-corrected chi connectivity index (χ4v) is 2.22. The van der Waals surface area contributed by atoms with Crippen molar-refractivity contribution in [3.8, 4) is 0 Å². The maximum Gasteiger partial charge on any atom is 0.332 e. The Kier molecular flexibility index (Phi) is 5.10. The van der Waals surface area contributed by atoms with Gasteiger partial charge in [-0.05, 0) is 24.8 Å². The number of carbonyl (C=O) groups excluding carboxylic acids is 1.